The lowest BCUT2D eigenvalue weighted by Gasteiger charge is -2.07. The van der Waals surface area contributed by atoms with Crippen molar-refractivity contribution in [3.8, 4) is 5.75 Å². The molecular formula is C16H18N2O4. The molecule has 1 aromatic carbocycles. The molecule has 0 atom stereocenters. The van der Waals surface area contributed by atoms with Gasteiger partial charge >= 0.3 is 11.8 Å². The number of amides is 2. The van der Waals surface area contributed by atoms with E-state index in [4.69, 9.17) is 9.15 Å². The fourth-order valence-electron chi connectivity index (χ4n) is 1.70. The molecule has 116 valence electrons. The van der Waals surface area contributed by atoms with Crippen molar-refractivity contribution in [2.24, 2.45) is 0 Å². The second-order valence-corrected chi connectivity index (χ2v) is 4.59. The molecule has 6 heteroatoms. The molecule has 0 spiro atoms. The van der Waals surface area contributed by atoms with Gasteiger partial charge in [0.25, 0.3) is 0 Å². The molecule has 0 saturated heterocycles. The summed E-state index contributed by atoms with van der Waals surface area (Å²) >= 11 is 0. The molecule has 2 N–H and O–H groups in total. The smallest absolute Gasteiger partial charge is 0.313 e. The summed E-state index contributed by atoms with van der Waals surface area (Å²) in [5.41, 5.74) is 0.530. The van der Waals surface area contributed by atoms with Crippen LogP contribution >= 0.6 is 0 Å². The second-order valence-electron chi connectivity index (χ2n) is 4.59. The van der Waals surface area contributed by atoms with E-state index in [9.17, 15) is 9.59 Å². The number of carbonyl (C=O) groups is 2. The second kappa shape index (κ2) is 7.87. The zero-order valence-electron chi connectivity index (χ0n) is 12.3. The number of hydrogen-bond acceptors (Lipinski definition) is 4. The monoisotopic (exact) mass is 302 g/mol. The van der Waals surface area contributed by atoms with Gasteiger partial charge in [-0.3, -0.25) is 9.59 Å². The highest BCUT2D eigenvalue weighted by Crippen LogP contribution is 2.15. The molecule has 1 aromatic heterocycles. The predicted molar refractivity (Wildman–Crippen MR) is 81.4 cm³/mol. The van der Waals surface area contributed by atoms with Crippen molar-refractivity contribution in [1.82, 2.24) is 5.32 Å². The zero-order chi connectivity index (χ0) is 15.8. The first-order chi connectivity index (χ1) is 10.7. The van der Waals surface area contributed by atoms with Crippen LogP contribution in [0.25, 0.3) is 0 Å². The lowest BCUT2D eigenvalue weighted by atomic mass is 10.3. The van der Waals surface area contributed by atoms with Gasteiger partial charge in [0, 0.05) is 5.69 Å². The van der Waals surface area contributed by atoms with Crippen molar-refractivity contribution >= 4 is 17.5 Å². The third kappa shape index (κ3) is 4.66. The van der Waals surface area contributed by atoms with Gasteiger partial charge in [-0.15, -0.1) is 0 Å². The van der Waals surface area contributed by atoms with Crippen LogP contribution < -0.4 is 15.4 Å². The van der Waals surface area contributed by atoms with E-state index in [2.05, 4.69) is 10.6 Å². The van der Waals surface area contributed by atoms with Crippen LogP contribution in [0.5, 0.6) is 5.75 Å². The molecule has 0 fully saturated rings. The summed E-state index contributed by atoms with van der Waals surface area (Å²) in [4.78, 5) is 23.4. The average molecular weight is 302 g/mol. The lowest BCUT2D eigenvalue weighted by molar-refractivity contribution is -0.136. The van der Waals surface area contributed by atoms with Crippen LogP contribution in [0.1, 0.15) is 19.1 Å². The first-order valence-corrected chi connectivity index (χ1v) is 7.03. The highest BCUT2D eigenvalue weighted by atomic mass is 16.5. The molecule has 22 heavy (non-hydrogen) atoms. The van der Waals surface area contributed by atoms with Gasteiger partial charge in [0.2, 0.25) is 0 Å². The molecule has 0 aliphatic carbocycles. The SMILES string of the molecule is CCCOc1ccc(NC(=O)C(=O)NCc2ccco2)cc1. The van der Waals surface area contributed by atoms with E-state index >= 15 is 0 Å². The van der Waals surface area contributed by atoms with Crippen LogP contribution in [0.3, 0.4) is 0 Å². The molecule has 0 radical (unpaired) electrons. The Kier molecular flexibility index (Phi) is 5.59. The normalized spacial score (nSPS) is 10.0. The number of carbonyl (C=O) groups excluding carboxylic acids is 2. The summed E-state index contributed by atoms with van der Waals surface area (Å²) < 4.78 is 10.5. The summed E-state index contributed by atoms with van der Waals surface area (Å²) in [5, 5.41) is 4.99. The Morgan fingerprint density at radius 1 is 1.14 bits per heavy atom. The maximum atomic E-state index is 11.7. The van der Waals surface area contributed by atoms with Crippen LogP contribution in [0.2, 0.25) is 0 Å². The van der Waals surface area contributed by atoms with Crippen molar-refractivity contribution in [2.75, 3.05) is 11.9 Å². The van der Waals surface area contributed by atoms with Crippen molar-refractivity contribution in [2.45, 2.75) is 19.9 Å². The number of benzene rings is 1. The molecule has 0 unspecified atom stereocenters. The Morgan fingerprint density at radius 3 is 2.55 bits per heavy atom. The summed E-state index contributed by atoms with van der Waals surface area (Å²) in [5.74, 6) is -0.141. The Bertz CT molecular complexity index is 606. The molecule has 2 aromatic rings. The topological polar surface area (TPSA) is 80.6 Å². The van der Waals surface area contributed by atoms with Gasteiger partial charge in [0.1, 0.15) is 11.5 Å². The highest BCUT2D eigenvalue weighted by molar-refractivity contribution is 6.39. The van der Waals surface area contributed by atoms with Crippen molar-refractivity contribution in [3.05, 3.63) is 48.4 Å². The van der Waals surface area contributed by atoms with E-state index in [1.54, 1.807) is 36.4 Å². The number of rotatable bonds is 6. The number of hydrogen-bond donors (Lipinski definition) is 2. The third-order valence-corrected chi connectivity index (χ3v) is 2.79. The largest absolute Gasteiger partial charge is 0.494 e. The van der Waals surface area contributed by atoms with Gasteiger partial charge in [-0.1, -0.05) is 6.92 Å². The van der Waals surface area contributed by atoms with E-state index in [1.165, 1.54) is 6.26 Å². The molecule has 0 bridgehead atoms. The Morgan fingerprint density at radius 2 is 1.91 bits per heavy atom. The van der Waals surface area contributed by atoms with Gasteiger partial charge in [-0.05, 0) is 42.8 Å². The number of ether oxygens (including phenoxy) is 1. The molecule has 0 saturated carbocycles. The fourth-order valence-corrected chi connectivity index (χ4v) is 1.70. The number of furan rings is 1. The third-order valence-electron chi connectivity index (χ3n) is 2.79. The maximum absolute atomic E-state index is 11.7. The Balaban J connectivity index is 1.81. The van der Waals surface area contributed by atoms with Crippen LogP contribution in [0.4, 0.5) is 5.69 Å². The van der Waals surface area contributed by atoms with Crippen LogP contribution in [-0.4, -0.2) is 18.4 Å². The first-order valence-electron chi connectivity index (χ1n) is 7.03. The predicted octanol–water partition coefficient (Wildman–Crippen LogP) is 2.32. The minimum absolute atomic E-state index is 0.170. The minimum atomic E-state index is -0.728. The molecule has 1 heterocycles. The molecule has 0 aliphatic heterocycles. The van der Waals surface area contributed by atoms with E-state index in [0.717, 1.165) is 12.2 Å². The van der Waals surface area contributed by atoms with Gasteiger partial charge in [0.05, 0.1) is 19.4 Å². The summed E-state index contributed by atoms with van der Waals surface area (Å²) in [6.07, 6.45) is 2.43. The summed E-state index contributed by atoms with van der Waals surface area (Å²) in [6, 6.07) is 10.3. The van der Waals surface area contributed by atoms with E-state index in [-0.39, 0.29) is 6.54 Å². The average Bonchev–Trinajstić information content (AvgIpc) is 3.05. The van der Waals surface area contributed by atoms with E-state index in [0.29, 0.717) is 18.1 Å². The fraction of sp³-hybridized carbons (Fsp3) is 0.250. The van der Waals surface area contributed by atoms with Crippen LogP contribution in [-0.2, 0) is 16.1 Å². The Labute approximate surface area is 128 Å². The number of anilines is 1. The van der Waals surface area contributed by atoms with E-state index < -0.39 is 11.8 Å². The standard InChI is InChI=1S/C16H18N2O4/c1-2-9-21-13-7-5-12(6-8-13)18-16(20)15(19)17-11-14-4-3-10-22-14/h3-8,10H,2,9,11H2,1H3,(H,17,19)(H,18,20). The van der Waals surface area contributed by atoms with Crippen molar-refractivity contribution in [3.63, 3.8) is 0 Å². The minimum Gasteiger partial charge on any atom is -0.494 e. The van der Waals surface area contributed by atoms with Gasteiger partial charge in [0.15, 0.2) is 0 Å². The lowest BCUT2D eigenvalue weighted by Crippen LogP contribution is -2.34. The van der Waals surface area contributed by atoms with Crippen LogP contribution in [0.15, 0.2) is 47.1 Å². The van der Waals surface area contributed by atoms with Crippen molar-refractivity contribution in [1.29, 1.82) is 0 Å². The Hall–Kier alpha value is -2.76. The highest BCUT2D eigenvalue weighted by Gasteiger charge is 2.13. The molecular weight excluding hydrogens is 284 g/mol. The van der Waals surface area contributed by atoms with E-state index in [1.807, 2.05) is 6.92 Å². The maximum Gasteiger partial charge on any atom is 0.313 e. The molecule has 0 aliphatic rings. The van der Waals surface area contributed by atoms with Gasteiger partial charge in [-0.2, -0.15) is 0 Å². The molecule has 6 nitrogen and oxygen atoms in total. The summed E-state index contributed by atoms with van der Waals surface area (Å²) in [7, 11) is 0. The van der Waals surface area contributed by atoms with Gasteiger partial charge in [-0.25, -0.2) is 0 Å². The first kappa shape index (κ1) is 15.6. The molecule has 2 rings (SSSR count). The van der Waals surface area contributed by atoms with Crippen molar-refractivity contribution < 1.29 is 18.7 Å². The quantitative estimate of drug-likeness (QED) is 0.802. The molecule has 2 amide bonds. The zero-order valence-corrected chi connectivity index (χ0v) is 12.3. The van der Waals surface area contributed by atoms with Gasteiger partial charge < -0.3 is 19.8 Å². The number of nitrogens with one attached hydrogen (secondary N) is 2. The van der Waals surface area contributed by atoms with Crippen LogP contribution in [0, 0.1) is 0 Å². The summed E-state index contributed by atoms with van der Waals surface area (Å²) in [6.45, 7) is 2.83.